The summed E-state index contributed by atoms with van der Waals surface area (Å²) in [6, 6.07) is 9.93. The summed E-state index contributed by atoms with van der Waals surface area (Å²) >= 11 is 0. The van der Waals surface area contributed by atoms with Gasteiger partial charge < -0.3 is 10.1 Å². The van der Waals surface area contributed by atoms with Crippen LogP contribution in [0.2, 0.25) is 0 Å². The zero-order chi connectivity index (χ0) is 15.2. The molecule has 6 heteroatoms. The van der Waals surface area contributed by atoms with Gasteiger partial charge in [0.15, 0.2) is 0 Å². The molecule has 2 aromatic rings. The van der Waals surface area contributed by atoms with Crippen LogP contribution in [0.4, 0.5) is 10.1 Å². The van der Waals surface area contributed by atoms with Crippen LogP contribution in [0, 0.1) is 5.82 Å². The third-order valence-corrected chi connectivity index (χ3v) is 2.55. The summed E-state index contributed by atoms with van der Waals surface area (Å²) in [6.45, 7) is 1.90. The molecule has 0 fully saturated rings. The minimum Gasteiger partial charge on any atom is -0.461 e. The number of hydrogen-bond donors (Lipinski definition) is 1. The number of esters is 1. The van der Waals surface area contributed by atoms with Crippen LogP contribution in [0.15, 0.2) is 42.5 Å². The van der Waals surface area contributed by atoms with Gasteiger partial charge in [-0.15, -0.1) is 0 Å². The fourth-order valence-electron chi connectivity index (χ4n) is 1.64. The van der Waals surface area contributed by atoms with E-state index >= 15 is 0 Å². The molecule has 108 valence electrons. The number of carbonyl (C=O) groups excluding carboxylic acids is 2. The monoisotopic (exact) mass is 288 g/mol. The van der Waals surface area contributed by atoms with E-state index in [4.69, 9.17) is 4.74 Å². The number of anilines is 1. The Hall–Kier alpha value is -2.76. The van der Waals surface area contributed by atoms with E-state index in [9.17, 15) is 14.0 Å². The van der Waals surface area contributed by atoms with Crippen LogP contribution in [0.25, 0.3) is 0 Å². The van der Waals surface area contributed by atoms with Crippen LogP contribution in [0.3, 0.4) is 0 Å². The third kappa shape index (κ3) is 3.85. The zero-order valence-corrected chi connectivity index (χ0v) is 11.3. The van der Waals surface area contributed by atoms with Crippen LogP contribution in [-0.2, 0) is 4.74 Å². The molecule has 21 heavy (non-hydrogen) atoms. The minimum absolute atomic E-state index is 0.0451. The number of amides is 1. The quantitative estimate of drug-likeness (QED) is 0.878. The summed E-state index contributed by atoms with van der Waals surface area (Å²) in [5, 5.41) is 2.50. The Bertz CT molecular complexity index is 673. The first-order valence-corrected chi connectivity index (χ1v) is 6.31. The Balaban J connectivity index is 2.16. The van der Waals surface area contributed by atoms with Gasteiger partial charge in [-0.1, -0.05) is 12.1 Å². The maximum atomic E-state index is 13.0. The van der Waals surface area contributed by atoms with Crippen molar-refractivity contribution in [3.63, 3.8) is 0 Å². The predicted octanol–water partition coefficient (Wildman–Crippen LogP) is 2.65. The molecule has 0 atom stereocenters. The summed E-state index contributed by atoms with van der Waals surface area (Å²) in [5.41, 5.74) is 0.400. The summed E-state index contributed by atoms with van der Waals surface area (Å²) in [6.07, 6.45) is 0. The number of nitrogens with zero attached hydrogens (tertiary/aromatic N) is 1. The van der Waals surface area contributed by atoms with Gasteiger partial charge in [-0.25, -0.2) is 14.2 Å². The second-order valence-corrected chi connectivity index (χ2v) is 4.09. The maximum absolute atomic E-state index is 13.0. The van der Waals surface area contributed by atoms with Gasteiger partial charge >= 0.3 is 5.97 Å². The van der Waals surface area contributed by atoms with Crippen molar-refractivity contribution in [3.8, 4) is 0 Å². The van der Waals surface area contributed by atoms with Crippen molar-refractivity contribution in [2.45, 2.75) is 6.92 Å². The molecular formula is C15H13FN2O3. The molecule has 2 rings (SSSR count). The van der Waals surface area contributed by atoms with Gasteiger partial charge in [-0.3, -0.25) is 4.79 Å². The fourth-order valence-corrected chi connectivity index (χ4v) is 1.64. The lowest BCUT2D eigenvalue weighted by atomic mass is 10.2. The SMILES string of the molecule is CCOC(=O)c1cccc(C(=O)Nc2cccc(F)c2)n1. The van der Waals surface area contributed by atoms with Gasteiger partial charge in [-0.2, -0.15) is 0 Å². The lowest BCUT2D eigenvalue weighted by molar-refractivity contribution is 0.0519. The number of pyridine rings is 1. The normalized spacial score (nSPS) is 10.0. The Morgan fingerprint density at radius 3 is 2.62 bits per heavy atom. The lowest BCUT2D eigenvalue weighted by Crippen LogP contribution is -2.16. The van der Waals surface area contributed by atoms with E-state index in [1.165, 1.54) is 36.4 Å². The minimum atomic E-state index is -0.599. The molecule has 1 aromatic heterocycles. The maximum Gasteiger partial charge on any atom is 0.356 e. The largest absolute Gasteiger partial charge is 0.461 e. The van der Waals surface area contributed by atoms with Crippen LogP contribution in [-0.4, -0.2) is 23.5 Å². The average Bonchev–Trinajstić information content (AvgIpc) is 2.47. The summed E-state index contributed by atoms with van der Waals surface area (Å²) < 4.78 is 17.9. The highest BCUT2D eigenvalue weighted by molar-refractivity contribution is 6.03. The van der Waals surface area contributed by atoms with Crippen molar-refractivity contribution in [1.82, 2.24) is 4.98 Å². The summed E-state index contributed by atoms with van der Waals surface area (Å²) in [5.74, 6) is -1.59. The Morgan fingerprint density at radius 1 is 1.19 bits per heavy atom. The number of hydrogen-bond acceptors (Lipinski definition) is 4. The Labute approximate surface area is 120 Å². The number of benzene rings is 1. The van der Waals surface area contributed by atoms with Gasteiger partial charge in [0.2, 0.25) is 0 Å². The first-order valence-electron chi connectivity index (χ1n) is 6.31. The van der Waals surface area contributed by atoms with Crippen molar-refractivity contribution >= 4 is 17.6 Å². The Morgan fingerprint density at radius 2 is 1.90 bits per heavy atom. The number of nitrogens with one attached hydrogen (secondary N) is 1. The smallest absolute Gasteiger partial charge is 0.356 e. The zero-order valence-electron chi connectivity index (χ0n) is 11.3. The number of carbonyl (C=O) groups is 2. The predicted molar refractivity (Wildman–Crippen MR) is 74.5 cm³/mol. The van der Waals surface area contributed by atoms with E-state index in [2.05, 4.69) is 10.3 Å². The standard InChI is InChI=1S/C15H13FN2O3/c1-2-21-15(20)13-8-4-7-12(18-13)14(19)17-11-6-3-5-10(16)9-11/h3-9H,2H2,1H3,(H,17,19). The molecule has 1 heterocycles. The molecule has 0 unspecified atom stereocenters. The molecule has 0 aliphatic carbocycles. The van der Waals surface area contributed by atoms with E-state index in [0.717, 1.165) is 0 Å². The van der Waals surface area contributed by atoms with E-state index in [1.807, 2.05) is 0 Å². The first kappa shape index (κ1) is 14.6. The number of halogens is 1. The van der Waals surface area contributed by atoms with Gasteiger partial charge in [0.1, 0.15) is 17.2 Å². The van der Waals surface area contributed by atoms with Crippen molar-refractivity contribution in [2.24, 2.45) is 0 Å². The molecule has 0 spiro atoms. The number of ether oxygens (including phenoxy) is 1. The summed E-state index contributed by atoms with van der Waals surface area (Å²) in [4.78, 5) is 27.5. The molecule has 5 nitrogen and oxygen atoms in total. The van der Waals surface area contributed by atoms with E-state index in [0.29, 0.717) is 5.69 Å². The number of aromatic nitrogens is 1. The Kier molecular flexibility index (Phi) is 4.61. The molecule has 1 N–H and O–H groups in total. The van der Waals surface area contributed by atoms with Crippen LogP contribution in [0.5, 0.6) is 0 Å². The van der Waals surface area contributed by atoms with Gasteiger partial charge in [0, 0.05) is 5.69 Å². The van der Waals surface area contributed by atoms with Gasteiger partial charge in [-0.05, 0) is 37.3 Å². The topological polar surface area (TPSA) is 68.3 Å². The van der Waals surface area contributed by atoms with Crippen LogP contribution < -0.4 is 5.32 Å². The highest BCUT2D eigenvalue weighted by atomic mass is 19.1. The molecule has 0 saturated carbocycles. The fraction of sp³-hybridized carbons (Fsp3) is 0.133. The second-order valence-electron chi connectivity index (χ2n) is 4.09. The molecule has 0 aliphatic heterocycles. The van der Waals surface area contributed by atoms with E-state index in [1.54, 1.807) is 13.0 Å². The van der Waals surface area contributed by atoms with E-state index in [-0.39, 0.29) is 18.0 Å². The molecule has 0 radical (unpaired) electrons. The van der Waals surface area contributed by atoms with Crippen molar-refractivity contribution in [2.75, 3.05) is 11.9 Å². The van der Waals surface area contributed by atoms with Crippen molar-refractivity contribution in [1.29, 1.82) is 0 Å². The first-order chi connectivity index (χ1) is 10.1. The number of rotatable bonds is 4. The highest BCUT2D eigenvalue weighted by Gasteiger charge is 2.13. The molecular weight excluding hydrogens is 275 g/mol. The van der Waals surface area contributed by atoms with Crippen molar-refractivity contribution < 1.29 is 18.7 Å². The summed E-state index contributed by atoms with van der Waals surface area (Å²) in [7, 11) is 0. The highest BCUT2D eigenvalue weighted by Crippen LogP contribution is 2.11. The van der Waals surface area contributed by atoms with Crippen LogP contribution in [0.1, 0.15) is 27.9 Å². The van der Waals surface area contributed by atoms with Crippen LogP contribution >= 0.6 is 0 Å². The molecule has 1 amide bonds. The second kappa shape index (κ2) is 6.60. The molecule has 0 saturated heterocycles. The lowest BCUT2D eigenvalue weighted by Gasteiger charge is -2.06. The average molecular weight is 288 g/mol. The van der Waals surface area contributed by atoms with Gasteiger partial charge in [0.05, 0.1) is 6.61 Å². The van der Waals surface area contributed by atoms with Gasteiger partial charge in [0.25, 0.3) is 5.91 Å². The van der Waals surface area contributed by atoms with Crippen molar-refractivity contribution in [3.05, 3.63) is 59.7 Å². The molecule has 1 aromatic carbocycles. The molecule has 0 aliphatic rings. The van der Waals surface area contributed by atoms with E-state index < -0.39 is 17.7 Å². The molecule has 0 bridgehead atoms. The third-order valence-electron chi connectivity index (χ3n) is 2.55.